The van der Waals surface area contributed by atoms with Gasteiger partial charge in [-0.25, -0.2) is 9.18 Å². The van der Waals surface area contributed by atoms with Crippen LogP contribution in [0.4, 0.5) is 9.39 Å². The molecule has 0 spiro atoms. The SMILES string of the molecule is CCOC(=O)c1c(NC(=S)N2CCN(Cc3ccc(F)cc3Cl)CC2)sc2c1CCCC2. The Morgan fingerprint density at radius 3 is 2.72 bits per heavy atom. The normalized spacial score (nSPS) is 16.5. The number of nitrogens with zero attached hydrogens (tertiary/aromatic N) is 2. The Bertz CT molecular complexity index is 1010. The van der Waals surface area contributed by atoms with Crippen LogP contribution in [0.1, 0.15) is 46.1 Å². The molecular formula is C23H27ClFN3O2S2. The second kappa shape index (κ2) is 10.5. The monoisotopic (exact) mass is 495 g/mol. The van der Waals surface area contributed by atoms with Gasteiger partial charge >= 0.3 is 5.97 Å². The molecule has 32 heavy (non-hydrogen) atoms. The van der Waals surface area contributed by atoms with Crippen LogP contribution in [0, 0.1) is 5.82 Å². The van der Waals surface area contributed by atoms with Gasteiger partial charge in [0, 0.05) is 42.6 Å². The quantitative estimate of drug-likeness (QED) is 0.459. The van der Waals surface area contributed by atoms with Crippen molar-refractivity contribution in [3.8, 4) is 0 Å². The number of aryl methyl sites for hydroxylation is 1. The number of thiophene rings is 1. The van der Waals surface area contributed by atoms with E-state index in [9.17, 15) is 9.18 Å². The molecule has 0 unspecified atom stereocenters. The zero-order valence-electron chi connectivity index (χ0n) is 18.1. The molecule has 1 aromatic heterocycles. The van der Waals surface area contributed by atoms with Crippen LogP contribution in [0.3, 0.4) is 0 Å². The molecule has 1 N–H and O–H groups in total. The first-order valence-corrected chi connectivity index (χ1v) is 12.6. The van der Waals surface area contributed by atoms with Gasteiger partial charge in [0.15, 0.2) is 5.11 Å². The molecule has 172 valence electrons. The van der Waals surface area contributed by atoms with Crippen LogP contribution in [0.5, 0.6) is 0 Å². The number of hydrogen-bond donors (Lipinski definition) is 1. The van der Waals surface area contributed by atoms with Gasteiger partial charge in [-0.2, -0.15) is 0 Å². The second-order valence-electron chi connectivity index (χ2n) is 8.06. The molecule has 1 aliphatic heterocycles. The van der Waals surface area contributed by atoms with Crippen molar-refractivity contribution in [2.24, 2.45) is 0 Å². The minimum atomic E-state index is -0.322. The number of esters is 1. The summed E-state index contributed by atoms with van der Waals surface area (Å²) in [6.07, 6.45) is 4.17. The van der Waals surface area contributed by atoms with Crippen molar-refractivity contribution < 1.29 is 13.9 Å². The second-order valence-corrected chi connectivity index (χ2v) is 9.96. The maximum absolute atomic E-state index is 13.3. The number of carbonyl (C=O) groups is 1. The Hall–Kier alpha value is -1.74. The zero-order valence-corrected chi connectivity index (χ0v) is 20.5. The van der Waals surface area contributed by atoms with Gasteiger partial charge in [0.2, 0.25) is 0 Å². The minimum absolute atomic E-state index is 0.266. The first kappa shape index (κ1) is 23.4. The summed E-state index contributed by atoms with van der Waals surface area (Å²) in [5, 5.41) is 5.25. The number of ether oxygens (including phenoxy) is 1. The first-order valence-electron chi connectivity index (χ1n) is 11.0. The molecule has 4 rings (SSSR count). The van der Waals surface area contributed by atoms with Crippen LogP contribution in [-0.4, -0.2) is 53.7 Å². The highest BCUT2D eigenvalue weighted by molar-refractivity contribution is 7.80. The summed E-state index contributed by atoms with van der Waals surface area (Å²) in [5.74, 6) is -0.587. The maximum Gasteiger partial charge on any atom is 0.341 e. The Kier molecular flexibility index (Phi) is 7.66. The molecule has 0 amide bonds. The number of hydrogen-bond acceptors (Lipinski definition) is 5. The molecule has 0 bridgehead atoms. The van der Waals surface area contributed by atoms with E-state index in [1.54, 1.807) is 17.4 Å². The molecule has 0 radical (unpaired) electrons. The predicted molar refractivity (Wildman–Crippen MR) is 131 cm³/mol. The number of benzene rings is 1. The lowest BCUT2D eigenvalue weighted by Crippen LogP contribution is -2.49. The van der Waals surface area contributed by atoms with Crippen molar-refractivity contribution in [3.05, 3.63) is 50.6 Å². The fourth-order valence-corrected chi connectivity index (χ4v) is 6.10. The minimum Gasteiger partial charge on any atom is -0.462 e. The van der Waals surface area contributed by atoms with Crippen molar-refractivity contribution in [2.45, 2.75) is 39.2 Å². The molecule has 0 atom stereocenters. The number of carbonyl (C=O) groups excluding carboxylic acids is 1. The Morgan fingerprint density at radius 1 is 1.25 bits per heavy atom. The lowest BCUT2D eigenvalue weighted by Gasteiger charge is -2.36. The van der Waals surface area contributed by atoms with Gasteiger partial charge in [-0.05, 0) is 68.1 Å². The molecule has 9 heteroatoms. The Morgan fingerprint density at radius 2 is 2.00 bits per heavy atom. The van der Waals surface area contributed by atoms with Gasteiger partial charge < -0.3 is 15.0 Å². The van der Waals surface area contributed by atoms with Crippen LogP contribution >= 0.6 is 35.2 Å². The van der Waals surface area contributed by atoms with Crippen LogP contribution in [-0.2, 0) is 24.1 Å². The predicted octanol–water partition coefficient (Wildman–Crippen LogP) is 5.11. The van der Waals surface area contributed by atoms with Gasteiger partial charge in [-0.1, -0.05) is 17.7 Å². The molecule has 2 aromatic rings. The molecule has 1 aliphatic carbocycles. The first-order chi connectivity index (χ1) is 15.5. The van der Waals surface area contributed by atoms with E-state index in [2.05, 4.69) is 15.1 Å². The number of anilines is 1. The van der Waals surface area contributed by atoms with Crippen molar-refractivity contribution in [3.63, 3.8) is 0 Å². The highest BCUT2D eigenvalue weighted by Gasteiger charge is 2.28. The average Bonchev–Trinajstić information content (AvgIpc) is 3.14. The van der Waals surface area contributed by atoms with E-state index in [-0.39, 0.29) is 11.8 Å². The average molecular weight is 496 g/mol. The van der Waals surface area contributed by atoms with Gasteiger partial charge in [-0.3, -0.25) is 4.90 Å². The van der Waals surface area contributed by atoms with E-state index >= 15 is 0 Å². The van der Waals surface area contributed by atoms with Crippen molar-refractivity contribution >= 4 is 51.2 Å². The molecule has 2 heterocycles. The molecule has 5 nitrogen and oxygen atoms in total. The highest BCUT2D eigenvalue weighted by Crippen LogP contribution is 2.38. The summed E-state index contributed by atoms with van der Waals surface area (Å²) in [7, 11) is 0. The van der Waals surface area contributed by atoms with Gasteiger partial charge in [0.05, 0.1) is 12.2 Å². The van der Waals surface area contributed by atoms with E-state index in [0.29, 0.717) is 28.9 Å². The Balaban J connectivity index is 1.39. The summed E-state index contributed by atoms with van der Waals surface area (Å²) in [6, 6.07) is 4.54. The van der Waals surface area contributed by atoms with Crippen molar-refractivity contribution in [1.82, 2.24) is 9.80 Å². The van der Waals surface area contributed by atoms with Crippen LogP contribution in [0.2, 0.25) is 5.02 Å². The van der Waals surface area contributed by atoms with Gasteiger partial charge in [-0.15, -0.1) is 11.3 Å². The summed E-state index contributed by atoms with van der Waals surface area (Å²) in [5.41, 5.74) is 2.72. The summed E-state index contributed by atoms with van der Waals surface area (Å²) in [6.45, 7) is 6.04. The fourth-order valence-electron chi connectivity index (χ4n) is 4.25. The molecule has 1 saturated heterocycles. The van der Waals surface area contributed by atoms with Gasteiger partial charge in [0.1, 0.15) is 10.8 Å². The molecule has 1 fully saturated rings. The number of halogens is 2. The number of nitrogens with one attached hydrogen (secondary N) is 1. The lowest BCUT2D eigenvalue weighted by atomic mass is 9.95. The molecule has 2 aliphatic rings. The fraction of sp³-hybridized carbons (Fsp3) is 0.478. The third-order valence-corrected chi connectivity index (χ3v) is 7.86. The maximum atomic E-state index is 13.3. The van der Waals surface area contributed by atoms with E-state index < -0.39 is 0 Å². The smallest absolute Gasteiger partial charge is 0.341 e. The van der Waals surface area contributed by atoms with Crippen LogP contribution < -0.4 is 5.32 Å². The van der Waals surface area contributed by atoms with Crippen molar-refractivity contribution in [1.29, 1.82) is 0 Å². The number of fused-ring (bicyclic) bond motifs is 1. The lowest BCUT2D eigenvalue weighted by molar-refractivity contribution is 0.0526. The standard InChI is InChI=1S/C23H27ClFN3O2S2/c1-2-30-22(29)20-17-5-3-4-6-19(17)32-21(20)26-23(31)28-11-9-27(10-12-28)14-15-7-8-16(25)13-18(15)24/h7-8,13H,2-6,9-12,14H2,1H3,(H,26,31). The third-order valence-electron chi connectivity index (χ3n) is 5.94. The Labute approximate surface area is 202 Å². The molecule has 0 saturated carbocycles. The van der Waals surface area contributed by atoms with E-state index in [1.165, 1.54) is 17.0 Å². The number of thiocarbonyl (C=S) groups is 1. The molecule has 1 aromatic carbocycles. The zero-order chi connectivity index (χ0) is 22.7. The summed E-state index contributed by atoms with van der Waals surface area (Å²) >= 11 is 13.5. The van der Waals surface area contributed by atoms with Crippen LogP contribution in [0.15, 0.2) is 18.2 Å². The topological polar surface area (TPSA) is 44.8 Å². The number of rotatable bonds is 5. The van der Waals surface area contributed by atoms with E-state index in [0.717, 1.165) is 68.0 Å². The summed E-state index contributed by atoms with van der Waals surface area (Å²) < 4.78 is 18.6. The van der Waals surface area contributed by atoms with Crippen LogP contribution in [0.25, 0.3) is 0 Å². The van der Waals surface area contributed by atoms with Crippen molar-refractivity contribution in [2.75, 3.05) is 38.1 Å². The molecular weight excluding hydrogens is 469 g/mol. The van der Waals surface area contributed by atoms with E-state index in [1.807, 2.05) is 6.92 Å². The van der Waals surface area contributed by atoms with Gasteiger partial charge in [0.25, 0.3) is 0 Å². The third kappa shape index (κ3) is 5.25. The largest absolute Gasteiger partial charge is 0.462 e. The highest BCUT2D eigenvalue weighted by atomic mass is 35.5. The summed E-state index contributed by atoms with van der Waals surface area (Å²) in [4.78, 5) is 18.4. The number of piperazine rings is 1. The van der Waals surface area contributed by atoms with E-state index in [4.69, 9.17) is 28.6 Å².